The number of hydrogen-bond acceptors (Lipinski definition) is 19. The van der Waals surface area contributed by atoms with Crippen LogP contribution in [0.5, 0.6) is 0 Å². The van der Waals surface area contributed by atoms with Crippen molar-refractivity contribution >= 4 is 34.9 Å². The smallest absolute Gasteiger partial charge is 0.128 e. The highest BCUT2D eigenvalue weighted by Gasteiger charge is 2.27. The minimum absolute atomic E-state index is 0.157. The van der Waals surface area contributed by atoms with Crippen LogP contribution < -0.4 is 29.8 Å². The predicted octanol–water partition coefficient (Wildman–Crippen LogP) is 23.4. The van der Waals surface area contributed by atoms with Crippen LogP contribution in [0.2, 0.25) is 0 Å². The molecule has 698 valence electrons. The molecule has 0 amide bonds. The summed E-state index contributed by atoms with van der Waals surface area (Å²) < 4.78 is 0. The van der Waals surface area contributed by atoms with Crippen molar-refractivity contribution in [3.8, 4) is 0 Å². The van der Waals surface area contributed by atoms with Crippen molar-refractivity contribution in [1.82, 2.24) is 59.5 Å². The fourth-order valence-electron chi connectivity index (χ4n) is 15.7. The molecule has 8 aromatic heterocycles. The molecule has 0 aromatic carbocycles. The van der Waals surface area contributed by atoms with Gasteiger partial charge in [0, 0.05) is 148 Å². The van der Waals surface area contributed by atoms with E-state index in [0.29, 0.717) is 72.3 Å². The molecule has 13 rings (SSSR count). The number of rotatable bonds is 24. The molecule has 3 aliphatic heterocycles. The average Bonchev–Trinajstić information content (AvgIpc) is 1.59. The first-order chi connectivity index (χ1) is 59.7. The molecule has 5 fully saturated rings. The van der Waals surface area contributed by atoms with E-state index in [1.54, 1.807) is 0 Å². The Balaban J connectivity index is 0.000000223. The van der Waals surface area contributed by atoms with Gasteiger partial charge in [-0.1, -0.05) is 212 Å². The largest absolute Gasteiger partial charge is 0.395 e. The quantitative estimate of drug-likeness (QED) is 0.0586. The second kappa shape index (κ2) is 54.3. The van der Waals surface area contributed by atoms with Gasteiger partial charge in [-0.25, -0.2) is 29.9 Å². The van der Waals surface area contributed by atoms with Crippen molar-refractivity contribution in [3.05, 3.63) is 203 Å². The number of anilines is 6. The van der Waals surface area contributed by atoms with Crippen molar-refractivity contribution in [2.45, 2.75) is 311 Å². The van der Waals surface area contributed by atoms with Gasteiger partial charge in [0.1, 0.15) is 34.9 Å². The number of likely N-dealkylation sites (N-methyl/N-ethyl adjacent to an activating group) is 5. The molecule has 3 unspecified atom stereocenters. The second-order valence-corrected chi connectivity index (χ2v) is 40.4. The van der Waals surface area contributed by atoms with E-state index in [0.717, 1.165) is 54.5 Å². The number of aromatic nitrogens is 8. The summed E-state index contributed by atoms with van der Waals surface area (Å²) in [7, 11) is 18.7. The van der Waals surface area contributed by atoms with Gasteiger partial charge in [0.15, 0.2) is 0 Å². The zero-order chi connectivity index (χ0) is 92.8. The van der Waals surface area contributed by atoms with Gasteiger partial charge >= 0.3 is 0 Å². The molecule has 3 saturated heterocycles. The normalized spacial score (nSPS) is 16.3. The topological polar surface area (TPSA) is 165 Å². The Labute approximate surface area is 767 Å². The van der Waals surface area contributed by atoms with E-state index >= 15 is 0 Å². The summed E-state index contributed by atoms with van der Waals surface area (Å²) in [6.07, 6.45) is 36.1. The van der Waals surface area contributed by atoms with Gasteiger partial charge in [0.2, 0.25) is 0 Å². The Morgan fingerprint density at radius 1 is 0.349 bits per heavy atom. The van der Waals surface area contributed by atoms with Crippen LogP contribution in [0.4, 0.5) is 34.9 Å². The zero-order valence-electron chi connectivity index (χ0n) is 84.4. The molecule has 126 heavy (non-hydrogen) atoms. The molecule has 2 N–H and O–H groups in total. The number of hydrogen-bond donors (Lipinski definition) is 2. The first-order valence-electron chi connectivity index (χ1n) is 48.2. The van der Waals surface area contributed by atoms with Crippen LogP contribution in [-0.4, -0.2) is 212 Å². The van der Waals surface area contributed by atoms with Crippen molar-refractivity contribution in [1.29, 1.82) is 0 Å². The molecule has 2 saturated carbocycles. The van der Waals surface area contributed by atoms with Crippen molar-refractivity contribution in [2.24, 2.45) is 0 Å². The monoisotopic (exact) mass is 1730 g/mol. The van der Waals surface area contributed by atoms with Crippen LogP contribution in [0.1, 0.15) is 338 Å². The Kier molecular flexibility index (Phi) is 45.9. The summed E-state index contributed by atoms with van der Waals surface area (Å²) in [5.74, 6) is 9.54. The lowest BCUT2D eigenvalue weighted by Crippen LogP contribution is -2.34. The molecule has 19 heteroatoms. The van der Waals surface area contributed by atoms with Crippen LogP contribution >= 0.6 is 0 Å². The van der Waals surface area contributed by atoms with E-state index < -0.39 is 0 Å². The fraction of sp³-hybridized carbons (Fsp3) is 0.626. The average molecular weight is 1730 g/mol. The maximum Gasteiger partial charge on any atom is 0.128 e. The first-order valence-corrected chi connectivity index (χ1v) is 48.2. The molecule has 0 spiro atoms. The van der Waals surface area contributed by atoms with Crippen molar-refractivity contribution < 1.29 is 5.11 Å². The summed E-state index contributed by atoms with van der Waals surface area (Å²) in [4.78, 5) is 56.5. The molecule has 0 radical (unpaired) electrons. The fourth-order valence-corrected chi connectivity index (χ4v) is 15.7. The van der Waals surface area contributed by atoms with Crippen LogP contribution in [-0.2, 0) is 10.8 Å². The van der Waals surface area contributed by atoms with Crippen LogP contribution in [0.3, 0.4) is 0 Å². The summed E-state index contributed by atoms with van der Waals surface area (Å²) in [6, 6.07) is 37.3. The Hall–Kier alpha value is -8.20. The standard InChI is InChI=1S/3C15H24N2.C14H23N3.C13H23N3.C13H20N2.C11H18N2O.C11H18N2/c1-12(17-9-5-6-10-17)14-8-7-13(11-16-14)15(2,3)4;1-12(2)14-7-8-15(16-11-14)13(3)17-9-5-4-6-10-17;1-12(2)13-9-10-15(16-11-13)17(3)14-7-5-4-6-8-14;1-11(2)12-5-6-14(15-9-12)17(4)13-7-8-16(3)10-13;1-11(2)12-6-7-13(14-10-12)16(5)9-8-15(3)4;1-10(2)11-7-8-13(14-9-11)15-12-5-3-4-6-12;1-9(2)10-4-5-11(12-8-10)13(3)6-7-14;1-11(2,3)9-6-7-10(12-8-9)13(4)5/h7-8,11-12H,5-6,9-10H2,1-4H3;7-8,11-13H,4-6,9-10H2,1-3H3;9-12,14H,4-8H2,1-3H3;5-6,9,11,13H,7-8,10H2,1-4H3;6-7,10-11H,8-9H2,1-5H3;7-10,12H,3-6H2,1-2H3,(H,14,15);4-5,8-9,14H,6-7H2,1-3H3;6-8H,1-5H3. The second-order valence-electron chi connectivity index (χ2n) is 40.4. The van der Waals surface area contributed by atoms with Gasteiger partial charge in [0.25, 0.3) is 0 Å². The van der Waals surface area contributed by atoms with E-state index in [4.69, 9.17) is 5.11 Å². The summed E-state index contributed by atoms with van der Waals surface area (Å²) in [6.45, 7) is 54.2. The molecule has 8 aromatic rings. The van der Waals surface area contributed by atoms with E-state index in [9.17, 15) is 0 Å². The number of aliphatic hydroxyl groups is 1. The van der Waals surface area contributed by atoms with E-state index in [1.165, 1.54) is 185 Å². The lowest BCUT2D eigenvalue weighted by Gasteiger charge is -2.32. The Morgan fingerprint density at radius 2 is 0.690 bits per heavy atom. The van der Waals surface area contributed by atoms with E-state index in [2.05, 4.69) is 351 Å². The van der Waals surface area contributed by atoms with Gasteiger partial charge in [-0.2, -0.15) is 0 Å². The van der Waals surface area contributed by atoms with Crippen molar-refractivity contribution in [3.63, 3.8) is 0 Å². The maximum atomic E-state index is 8.77. The number of pyridine rings is 8. The van der Waals surface area contributed by atoms with Gasteiger partial charge < -0.3 is 44.7 Å². The van der Waals surface area contributed by atoms with Crippen LogP contribution in [0, 0.1) is 0 Å². The maximum absolute atomic E-state index is 8.77. The highest BCUT2D eigenvalue weighted by Crippen LogP contribution is 2.32. The lowest BCUT2D eigenvalue weighted by atomic mass is 9.88. The molecular formula is C107H174N18O. The van der Waals surface area contributed by atoms with Crippen molar-refractivity contribution in [2.75, 3.05) is 159 Å². The number of likely N-dealkylation sites (tertiary alicyclic amines) is 3. The number of aliphatic hydroxyl groups excluding tert-OH is 1. The molecular weight excluding hydrogens is 1550 g/mol. The molecule has 0 bridgehead atoms. The Morgan fingerprint density at radius 3 is 1.02 bits per heavy atom. The van der Waals surface area contributed by atoms with Gasteiger partial charge in [0.05, 0.1) is 18.0 Å². The Bertz CT molecular complexity index is 4000. The third-order valence-corrected chi connectivity index (χ3v) is 25.5. The molecule has 11 heterocycles. The minimum atomic E-state index is 0.157. The highest BCUT2D eigenvalue weighted by molar-refractivity contribution is 5.44. The summed E-state index contributed by atoms with van der Waals surface area (Å²) in [5, 5.41) is 12.3. The third kappa shape index (κ3) is 37.1. The predicted molar refractivity (Wildman–Crippen MR) is 541 cm³/mol. The van der Waals surface area contributed by atoms with E-state index in [1.807, 2.05) is 86.6 Å². The molecule has 2 aliphatic carbocycles. The van der Waals surface area contributed by atoms with Gasteiger partial charge in [-0.3, -0.25) is 19.8 Å². The lowest BCUT2D eigenvalue weighted by molar-refractivity contribution is 0.172. The number of nitrogens with zero attached hydrogens (tertiary/aromatic N) is 17. The van der Waals surface area contributed by atoms with E-state index in [-0.39, 0.29) is 17.4 Å². The summed E-state index contributed by atoms with van der Waals surface area (Å²) in [5.41, 5.74) is 13.2. The molecule has 5 aliphatic rings. The SMILES string of the molecule is CC(C)c1ccc(C(C)N2CCCCC2)nc1.CC(C)c1ccc(N(C)C2CCCCC2)nc1.CC(C)c1ccc(N(C)C2CCN(C)C2)nc1.CC(C)c1ccc(N(C)CCN(C)C)nc1.CC(C)c1ccc(N(C)CCO)nc1.CC(C)c1ccc(NC2CCCC2)nc1.CC(c1ccc(C(C)(C)C)cn1)N1CCCC1.CN(C)c1ccc(C(C)(C)C)cn1. The van der Waals surface area contributed by atoms with Crippen LogP contribution in [0.25, 0.3) is 0 Å². The molecule has 19 nitrogen and oxygen atoms in total. The van der Waals surface area contributed by atoms with Gasteiger partial charge in [-0.15, -0.1) is 0 Å². The number of nitrogens with one attached hydrogen (secondary N) is 1. The summed E-state index contributed by atoms with van der Waals surface area (Å²) >= 11 is 0. The highest BCUT2D eigenvalue weighted by atomic mass is 16.3. The van der Waals surface area contributed by atoms with Crippen LogP contribution in [0.15, 0.2) is 147 Å². The zero-order valence-corrected chi connectivity index (χ0v) is 84.4. The third-order valence-electron chi connectivity index (χ3n) is 25.5. The number of piperidine rings is 1. The first kappa shape index (κ1) is 107. The molecule has 3 atom stereocenters. The minimum Gasteiger partial charge on any atom is -0.395 e. The van der Waals surface area contributed by atoms with Gasteiger partial charge in [-0.05, 0) is 265 Å².